The Bertz CT molecular complexity index is 719. The number of Topliss-reactive ketones (excluding diaryl/α,β-unsaturated/α-hetero) is 2. The maximum atomic E-state index is 12.8. The summed E-state index contributed by atoms with van der Waals surface area (Å²) >= 11 is 0. The van der Waals surface area contributed by atoms with Gasteiger partial charge in [-0.15, -0.1) is 0 Å². The zero-order valence-electron chi connectivity index (χ0n) is 14.5. The molecule has 23 heavy (non-hydrogen) atoms. The van der Waals surface area contributed by atoms with E-state index in [1.54, 1.807) is 12.1 Å². The predicted molar refractivity (Wildman–Crippen MR) is 94.8 cm³/mol. The second-order valence-electron chi connectivity index (χ2n) is 7.22. The molecule has 2 aromatic rings. The SMILES string of the molecule is CC(C)C(=O)c1ccc(C(=O)C(C)(C)C)c(-c2ccccc2)c1. The van der Waals surface area contributed by atoms with Crippen LogP contribution >= 0.6 is 0 Å². The number of hydrogen-bond donors (Lipinski definition) is 0. The van der Waals surface area contributed by atoms with Crippen molar-refractivity contribution in [3.8, 4) is 11.1 Å². The van der Waals surface area contributed by atoms with Gasteiger partial charge >= 0.3 is 0 Å². The van der Waals surface area contributed by atoms with Crippen LogP contribution in [-0.2, 0) is 0 Å². The quantitative estimate of drug-likeness (QED) is 0.707. The average Bonchev–Trinajstić information content (AvgIpc) is 2.52. The van der Waals surface area contributed by atoms with Gasteiger partial charge in [0.2, 0.25) is 0 Å². The van der Waals surface area contributed by atoms with E-state index in [1.807, 2.05) is 71.0 Å². The summed E-state index contributed by atoms with van der Waals surface area (Å²) in [6.45, 7) is 9.52. The highest BCUT2D eigenvalue weighted by Gasteiger charge is 2.26. The first-order valence-electron chi connectivity index (χ1n) is 8.00. The second-order valence-corrected chi connectivity index (χ2v) is 7.22. The molecule has 120 valence electrons. The molecule has 2 aromatic carbocycles. The molecule has 0 aliphatic rings. The Morgan fingerprint density at radius 1 is 0.913 bits per heavy atom. The largest absolute Gasteiger partial charge is 0.294 e. The number of hydrogen-bond acceptors (Lipinski definition) is 2. The van der Waals surface area contributed by atoms with Crippen LogP contribution in [0.15, 0.2) is 48.5 Å². The van der Waals surface area contributed by atoms with Crippen LogP contribution < -0.4 is 0 Å². The molecule has 0 unspecified atom stereocenters. The van der Waals surface area contributed by atoms with Crippen LogP contribution in [0, 0.1) is 11.3 Å². The number of carbonyl (C=O) groups excluding carboxylic acids is 2. The maximum Gasteiger partial charge on any atom is 0.168 e. The van der Waals surface area contributed by atoms with Crippen molar-refractivity contribution in [1.29, 1.82) is 0 Å². The van der Waals surface area contributed by atoms with Crippen LogP contribution in [0.5, 0.6) is 0 Å². The Morgan fingerprint density at radius 2 is 1.52 bits per heavy atom. The highest BCUT2D eigenvalue weighted by atomic mass is 16.1. The van der Waals surface area contributed by atoms with Crippen molar-refractivity contribution in [3.63, 3.8) is 0 Å². The fourth-order valence-corrected chi connectivity index (χ4v) is 2.49. The minimum absolute atomic E-state index is 0.0669. The molecule has 0 spiro atoms. The minimum atomic E-state index is -0.465. The highest BCUT2D eigenvalue weighted by molar-refractivity contribution is 6.07. The summed E-state index contributed by atoms with van der Waals surface area (Å²) in [5, 5.41) is 0. The van der Waals surface area contributed by atoms with Crippen molar-refractivity contribution in [1.82, 2.24) is 0 Å². The van der Waals surface area contributed by atoms with Crippen molar-refractivity contribution in [2.75, 3.05) is 0 Å². The third-order valence-electron chi connectivity index (χ3n) is 3.84. The molecule has 0 radical (unpaired) electrons. The molecule has 0 aromatic heterocycles. The molecular formula is C21H24O2. The molecule has 2 nitrogen and oxygen atoms in total. The Balaban J connectivity index is 2.64. The summed E-state index contributed by atoms with van der Waals surface area (Å²) in [7, 11) is 0. The smallest absolute Gasteiger partial charge is 0.168 e. The molecule has 0 saturated heterocycles. The van der Waals surface area contributed by atoms with Gasteiger partial charge in [-0.1, -0.05) is 77.1 Å². The molecule has 2 heteroatoms. The lowest BCUT2D eigenvalue weighted by atomic mass is 9.82. The van der Waals surface area contributed by atoms with Gasteiger partial charge in [-0.2, -0.15) is 0 Å². The Morgan fingerprint density at radius 3 is 2.04 bits per heavy atom. The average molecular weight is 308 g/mol. The minimum Gasteiger partial charge on any atom is -0.294 e. The van der Waals surface area contributed by atoms with Crippen LogP contribution in [0.3, 0.4) is 0 Å². The van der Waals surface area contributed by atoms with Gasteiger partial charge in [0.05, 0.1) is 0 Å². The molecule has 0 aliphatic carbocycles. The molecule has 2 rings (SSSR count). The molecule has 0 heterocycles. The molecule has 0 bridgehead atoms. The lowest BCUT2D eigenvalue weighted by Gasteiger charge is -2.20. The topological polar surface area (TPSA) is 34.1 Å². The van der Waals surface area contributed by atoms with Crippen LogP contribution in [0.4, 0.5) is 0 Å². The molecule has 0 atom stereocenters. The number of rotatable bonds is 4. The van der Waals surface area contributed by atoms with Crippen molar-refractivity contribution in [3.05, 3.63) is 59.7 Å². The van der Waals surface area contributed by atoms with E-state index < -0.39 is 5.41 Å². The third-order valence-corrected chi connectivity index (χ3v) is 3.84. The van der Waals surface area contributed by atoms with E-state index in [2.05, 4.69) is 0 Å². The van der Waals surface area contributed by atoms with Gasteiger partial charge in [-0.05, 0) is 17.2 Å². The summed E-state index contributed by atoms with van der Waals surface area (Å²) < 4.78 is 0. The fraction of sp³-hybridized carbons (Fsp3) is 0.333. The zero-order chi connectivity index (χ0) is 17.2. The monoisotopic (exact) mass is 308 g/mol. The molecule has 0 fully saturated rings. The van der Waals surface area contributed by atoms with Gasteiger partial charge in [0.15, 0.2) is 11.6 Å². The molecule has 0 N–H and O–H groups in total. The van der Waals surface area contributed by atoms with Gasteiger partial charge in [-0.25, -0.2) is 0 Å². The van der Waals surface area contributed by atoms with Gasteiger partial charge in [-0.3, -0.25) is 9.59 Å². The first-order valence-corrected chi connectivity index (χ1v) is 8.00. The van der Waals surface area contributed by atoms with Gasteiger partial charge in [0.25, 0.3) is 0 Å². The lowest BCUT2D eigenvalue weighted by Crippen LogP contribution is -2.21. The van der Waals surface area contributed by atoms with Crippen LogP contribution in [0.1, 0.15) is 55.3 Å². The van der Waals surface area contributed by atoms with E-state index >= 15 is 0 Å². The Hall–Kier alpha value is -2.22. The molecule has 0 saturated carbocycles. The molecule has 0 aliphatic heterocycles. The van der Waals surface area contributed by atoms with E-state index in [1.165, 1.54) is 0 Å². The first kappa shape index (κ1) is 17.1. The van der Waals surface area contributed by atoms with Crippen LogP contribution in [0.2, 0.25) is 0 Å². The van der Waals surface area contributed by atoms with Crippen molar-refractivity contribution >= 4 is 11.6 Å². The second kappa shape index (κ2) is 6.49. The lowest BCUT2D eigenvalue weighted by molar-refractivity contribution is 0.0858. The van der Waals surface area contributed by atoms with Gasteiger partial charge < -0.3 is 0 Å². The van der Waals surface area contributed by atoms with Crippen molar-refractivity contribution in [2.24, 2.45) is 11.3 Å². The van der Waals surface area contributed by atoms with Gasteiger partial charge in [0.1, 0.15) is 0 Å². The normalized spacial score (nSPS) is 11.6. The van der Waals surface area contributed by atoms with Crippen molar-refractivity contribution in [2.45, 2.75) is 34.6 Å². The first-order chi connectivity index (χ1) is 10.7. The summed E-state index contributed by atoms with van der Waals surface area (Å²) in [6.07, 6.45) is 0. The zero-order valence-corrected chi connectivity index (χ0v) is 14.5. The number of benzene rings is 2. The van der Waals surface area contributed by atoms with Crippen molar-refractivity contribution < 1.29 is 9.59 Å². The van der Waals surface area contributed by atoms with Crippen LogP contribution in [0.25, 0.3) is 11.1 Å². The third kappa shape index (κ3) is 3.76. The summed E-state index contributed by atoms with van der Waals surface area (Å²) in [6, 6.07) is 15.2. The highest BCUT2D eigenvalue weighted by Crippen LogP contribution is 2.31. The van der Waals surface area contributed by atoms with Crippen LogP contribution in [-0.4, -0.2) is 11.6 Å². The Labute approximate surface area is 138 Å². The van der Waals surface area contributed by atoms with E-state index in [0.717, 1.165) is 11.1 Å². The van der Waals surface area contributed by atoms with E-state index in [4.69, 9.17) is 0 Å². The van der Waals surface area contributed by atoms with E-state index in [-0.39, 0.29) is 17.5 Å². The summed E-state index contributed by atoms with van der Waals surface area (Å²) in [5.41, 5.74) is 2.65. The number of carbonyl (C=O) groups is 2. The molecule has 0 amide bonds. The maximum absolute atomic E-state index is 12.8. The standard InChI is InChI=1S/C21H24O2/c1-14(2)19(22)16-11-12-17(20(23)21(3,4)5)18(13-16)15-9-7-6-8-10-15/h6-14H,1-5H3. The Kier molecular flexibility index (Phi) is 4.84. The number of ketones is 2. The van der Waals surface area contributed by atoms with E-state index in [0.29, 0.717) is 11.1 Å². The fourth-order valence-electron chi connectivity index (χ4n) is 2.49. The van der Waals surface area contributed by atoms with Gasteiger partial charge in [0, 0.05) is 22.5 Å². The predicted octanol–water partition coefficient (Wildman–Crippen LogP) is 5.42. The molecular weight excluding hydrogens is 284 g/mol. The van der Waals surface area contributed by atoms with E-state index in [9.17, 15) is 9.59 Å². The summed E-state index contributed by atoms with van der Waals surface area (Å²) in [5.74, 6) is 0.111. The summed E-state index contributed by atoms with van der Waals surface area (Å²) in [4.78, 5) is 25.1.